The zero-order chi connectivity index (χ0) is 24.9. The molecule has 2 aromatic carbocycles. The van der Waals surface area contributed by atoms with Gasteiger partial charge in [-0.2, -0.15) is 0 Å². The van der Waals surface area contributed by atoms with E-state index in [2.05, 4.69) is 10.3 Å². The topological polar surface area (TPSA) is 94.0 Å². The third kappa shape index (κ3) is 5.66. The molecule has 0 saturated heterocycles. The number of carbonyl (C=O) groups excluding carboxylic acids is 2. The van der Waals surface area contributed by atoms with E-state index in [0.717, 1.165) is 11.1 Å². The van der Waals surface area contributed by atoms with E-state index < -0.39 is 5.25 Å². The van der Waals surface area contributed by atoms with Gasteiger partial charge in [-0.3, -0.25) is 14.4 Å². The number of thioether (sulfide) groups is 1. The first-order valence-corrected chi connectivity index (χ1v) is 12.2. The van der Waals surface area contributed by atoms with Gasteiger partial charge in [0.25, 0.3) is 5.56 Å². The number of aryl methyl sites for hydroxylation is 1. The minimum absolute atomic E-state index is 0.0606. The first-order valence-electron chi connectivity index (χ1n) is 11.3. The molecule has 0 fully saturated rings. The van der Waals surface area contributed by atoms with Crippen molar-refractivity contribution in [3.8, 4) is 5.82 Å². The molecule has 4 aromatic rings. The molecule has 0 aliphatic rings. The number of ketones is 1. The molecule has 1 atom stereocenters. The van der Waals surface area contributed by atoms with Gasteiger partial charge in [0.2, 0.25) is 5.91 Å². The molecule has 2 aromatic heterocycles. The van der Waals surface area contributed by atoms with Crippen LogP contribution in [0.2, 0.25) is 0 Å². The van der Waals surface area contributed by atoms with Crippen molar-refractivity contribution in [1.29, 1.82) is 0 Å². The van der Waals surface area contributed by atoms with Gasteiger partial charge < -0.3 is 5.32 Å². The summed E-state index contributed by atoms with van der Waals surface area (Å²) in [5, 5.41) is 3.20. The van der Waals surface area contributed by atoms with Crippen molar-refractivity contribution in [2.45, 2.75) is 37.6 Å². The van der Waals surface area contributed by atoms with Crippen molar-refractivity contribution in [3.63, 3.8) is 0 Å². The molecule has 8 heteroatoms. The first-order chi connectivity index (χ1) is 16.8. The van der Waals surface area contributed by atoms with Gasteiger partial charge >= 0.3 is 0 Å². The fourth-order valence-corrected chi connectivity index (χ4v) is 4.69. The summed E-state index contributed by atoms with van der Waals surface area (Å²) >= 11 is 1.24. The van der Waals surface area contributed by atoms with E-state index in [0.29, 0.717) is 40.4 Å². The average molecular weight is 487 g/mol. The molecule has 0 bridgehead atoms. The molecule has 1 N–H and O–H groups in total. The minimum Gasteiger partial charge on any atom is -0.356 e. The van der Waals surface area contributed by atoms with Gasteiger partial charge in [0.15, 0.2) is 10.9 Å². The summed E-state index contributed by atoms with van der Waals surface area (Å²) in [4.78, 5) is 46.8. The highest BCUT2D eigenvalue weighted by Crippen LogP contribution is 2.27. The lowest BCUT2D eigenvalue weighted by molar-refractivity contribution is -0.118. The Kier molecular flexibility index (Phi) is 7.41. The van der Waals surface area contributed by atoms with E-state index in [1.807, 2.05) is 44.2 Å². The number of para-hydroxylation sites is 1. The van der Waals surface area contributed by atoms with Crippen LogP contribution in [-0.2, 0) is 11.2 Å². The second-order valence-electron chi connectivity index (χ2n) is 8.30. The third-order valence-electron chi connectivity index (χ3n) is 5.55. The van der Waals surface area contributed by atoms with E-state index in [4.69, 9.17) is 4.98 Å². The fraction of sp³-hybridized carbons (Fsp3) is 0.222. The van der Waals surface area contributed by atoms with E-state index >= 15 is 0 Å². The van der Waals surface area contributed by atoms with Crippen molar-refractivity contribution >= 4 is 34.4 Å². The summed E-state index contributed by atoms with van der Waals surface area (Å²) in [7, 11) is 0. The van der Waals surface area contributed by atoms with Gasteiger partial charge in [-0.05, 0) is 55.7 Å². The number of pyridine rings is 1. The molecule has 4 rings (SSSR count). The van der Waals surface area contributed by atoms with Crippen LogP contribution < -0.4 is 10.9 Å². The number of aromatic nitrogens is 3. The predicted molar refractivity (Wildman–Crippen MR) is 138 cm³/mol. The van der Waals surface area contributed by atoms with Gasteiger partial charge in [-0.15, -0.1) is 0 Å². The van der Waals surface area contributed by atoms with Crippen molar-refractivity contribution in [2.24, 2.45) is 0 Å². The number of nitrogens with zero attached hydrogens (tertiary/aromatic N) is 3. The maximum atomic E-state index is 13.4. The molecule has 1 amide bonds. The summed E-state index contributed by atoms with van der Waals surface area (Å²) in [5.74, 6) is 0.345. The quantitative estimate of drug-likeness (QED) is 0.229. The van der Waals surface area contributed by atoms with Crippen LogP contribution in [0.15, 0.2) is 76.8 Å². The Bertz CT molecular complexity index is 1450. The van der Waals surface area contributed by atoms with Crippen molar-refractivity contribution < 1.29 is 9.59 Å². The number of amides is 1. The predicted octanol–water partition coefficient (Wildman–Crippen LogP) is 4.13. The fourth-order valence-electron chi connectivity index (χ4n) is 3.70. The number of hydrogen-bond donors (Lipinski definition) is 1. The van der Waals surface area contributed by atoms with Gasteiger partial charge in [-0.1, -0.05) is 48.2 Å². The Morgan fingerprint density at radius 1 is 1.09 bits per heavy atom. The maximum absolute atomic E-state index is 13.4. The van der Waals surface area contributed by atoms with E-state index in [-0.39, 0.29) is 17.2 Å². The van der Waals surface area contributed by atoms with Crippen LogP contribution in [-0.4, -0.2) is 38.0 Å². The number of benzene rings is 2. The molecular weight excluding hydrogens is 460 g/mol. The first kappa shape index (κ1) is 24.3. The number of nitrogens with one attached hydrogen (secondary N) is 1. The second kappa shape index (κ2) is 10.7. The summed E-state index contributed by atoms with van der Waals surface area (Å²) in [6, 6.07) is 18.3. The second-order valence-corrected chi connectivity index (χ2v) is 9.61. The molecule has 0 spiro atoms. The molecule has 7 nitrogen and oxygen atoms in total. The number of hydrogen-bond acceptors (Lipinski definition) is 6. The Balaban J connectivity index is 1.62. The SMILES string of the molecule is CC(=O)NCCc1ccc(C(=O)C(C)Sc2nc3ccccc3c(=O)n2-c2cc(C)ccn2)cc1. The molecule has 0 aliphatic carbocycles. The summed E-state index contributed by atoms with van der Waals surface area (Å²) in [6.07, 6.45) is 2.35. The van der Waals surface area contributed by atoms with Crippen LogP contribution in [0.5, 0.6) is 0 Å². The number of Topliss-reactive ketones (excluding diaryl/α,β-unsaturated/α-hetero) is 1. The summed E-state index contributed by atoms with van der Waals surface area (Å²) < 4.78 is 1.48. The highest BCUT2D eigenvalue weighted by molar-refractivity contribution is 8.00. The lowest BCUT2D eigenvalue weighted by atomic mass is 10.0. The Morgan fingerprint density at radius 2 is 1.83 bits per heavy atom. The average Bonchev–Trinajstić information content (AvgIpc) is 2.84. The zero-order valence-corrected chi connectivity index (χ0v) is 20.6. The van der Waals surface area contributed by atoms with Gasteiger partial charge in [-0.25, -0.2) is 14.5 Å². The molecule has 1 unspecified atom stereocenters. The highest BCUT2D eigenvalue weighted by atomic mass is 32.2. The standard InChI is InChI=1S/C27H26N4O3S/c1-17-12-14-29-24(16-17)31-26(34)22-6-4-5-7-23(22)30-27(31)35-18(2)25(33)21-10-8-20(9-11-21)13-15-28-19(3)32/h4-12,14,16,18H,13,15H2,1-3H3,(H,28,32). The molecule has 2 heterocycles. The molecule has 178 valence electrons. The smallest absolute Gasteiger partial charge is 0.267 e. The zero-order valence-electron chi connectivity index (χ0n) is 19.8. The monoisotopic (exact) mass is 486 g/mol. The van der Waals surface area contributed by atoms with Crippen LogP contribution in [0, 0.1) is 6.92 Å². The molecule has 0 saturated carbocycles. The van der Waals surface area contributed by atoms with Crippen LogP contribution in [0.1, 0.15) is 35.3 Å². The van der Waals surface area contributed by atoms with Crippen LogP contribution in [0.25, 0.3) is 16.7 Å². The minimum atomic E-state index is -0.482. The summed E-state index contributed by atoms with van der Waals surface area (Å²) in [6.45, 7) is 5.78. The van der Waals surface area contributed by atoms with E-state index in [1.54, 1.807) is 36.5 Å². The Hall–Kier alpha value is -3.78. The van der Waals surface area contributed by atoms with Crippen LogP contribution in [0.3, 0.4) is 0 Å². The molecular formula is C27H26N4O3S. The number of rotatable bonds is 8. The third-order valence-corrected chi connectivity index (χ3v) is 6.60. The molecule has 0 radical (unpaired) electrons. The van der Waals surface area contributed by atoms with Gasteiger partial charge in [0.1, 0.15) is 5.82 Å². The van der Waals surface area contributed by atoms with Crippen molar-refractivity contribution in [2.75, 3.05) is 6.54 Å². The number of fused-ring (bicyclic) bond motifs is 1. The van der Waals surface area contributed by atoms with Gasteiger partial charge in [0, 0.05) is 25.2 Å². The Labute approximate surface area is 207 Å². The summed E-state index contributed by atoms with van der Waals surface area (Å²) in [5.41, 5.74) is 2.93. The largest absolute Gasteiger partial charge is 0.356 e. The van der Waals surface area contributed by atoms with Crippen LogP contribution >= 0.6 is 11.8 Å². The van der Waals surface area contributed by atoms with Gasteiger partial charge in [0.05, 0.1) is 16.2 Å². The Morgan fingerprint density at radius 3 is 2.54 bits per heavy atom. The maximum Gasteiger partial charge on any atom is 0.267 e. The lowest BCUT2D eigenvalue weighted by Crippen LogP contribution is -2.24. The molecule has 0 aliphatic heterocycles. The highest BCUT2D eigenvalue weighted by Gasteiger charge is 2.22. The lowest BCUT2D eigenvalue weighted by Gasteiger charge is -2.16. The van der Waals surface area contributed by atoms with E-state index in [9.17, 15) is 14.4 Å². The van der Waals surface area contributed by atoms with Crippen molar-refractivity contribution in [3.05, 3.63) is 93.9 Å². The normalized spacial score (nSPS) is 11.9. The molecule has 35 heavy (non-hydrogen) atoms. The number of carbonyl (C=O) groups is 2. The van der Waals surface area contributed by atoms with E-state index in [1.165, 1.54) is 23.3 Å². The van der Waals surface area contributed by atoms with Crippen molar-refractivity contribution in [1.82, 2.24) is 19.9 Å². The van der Waals surface area contributed by atoms with Crippen LogP contribution in [0.4, 0.5) is 0 Å².